The fourth-order valence-electron chi connectivity index (χ4n) is 2.30. The zero-order chi connectivity index (χ0) is 13.2. The van der Waals surface area contributed by atoms with Crippen LogP contribution in [0.4, 0.5) is 4.39 Å². The molecule has 1 fully saturated rings. The Balaban J connectivity index is 1.84. The third kappa shape index (κ3) is 2.85. The minimum Gasteiger partial charge on any atom is -0.310 e. The number of halogens is 1. The summed E-state index contributed by atoms with van der Waals surface area (Å²) in [5.41, 5.74) is 3.98. The first-order valence-corrected chi connectivity index (χ1v) is 6.82. The molecule has 2 aromatic rings. The Kier molecular flexibility index (Phi) is 3.34. The SMILES string of the molecule is Cc1ccccc1-c1ccc(CNC2CC2)c(F)c1. The molecule has 0 aromatic heterocycles. The van der Waals surface area contributed by atoms with Crippen molar-refractivity contribution in [1.82, 2.24) is 5.32 Å². The molecule has 3 rings (SSSR count). The highest BCUT2D eigenvalue weighted by atomic mass is 19.1. The van der Waals surface area contributed by atoms with Gasteiger partial charge in [0.15, 0.2) is 0 Å². The summed E-state index contributed by atoms with van der Waals surface area (Å²) in [6.07, 6.45) is 2.45. The number of hydrogen-bond donors (Lipinski definition) is 1. The molecule has 1 aliphatic carbocycles. The highest BCUT2D eigenvalue weighted by Crippen LogP contribution is 2.25. The van der Waals surface area contributed by atoms with E-state index in [0.717, 1.165) is 16.7 Å². The minimum atomic E-state index is -0.117. The van der Waals surface area contributed by atoms with Gasteiger partial charge in [0.1, 0.15) is 5.82 Å². The Hall–Kier alpha value is -1.67. The van der Waals surface area contributed by atoms with Gasteiger partial charge in [0, 0.05) is 18.2 Å². The Labute approximate surface area is 113 Å². The standard InChI is InChI=1S/C17H18FN/c1-12-4-2-3-5-16(12)13-6-7-14(17(18)10-13)11-19-15-8-9-15/h2-7,10,15,19H,8-9,11H2,1H3. The van der Waals surface area contributed by atoms with Crippen LogP contribution < -0.4 is 5.32 Å². The van der Waals surface area contributed by atoms with Crippen LogP contribution in [0.15, 0.2) is 42.5 Å². The first-order chi connectivity index (χ1) is 9.24. The maximum atomic E-state index is 14.1. The molecule has 98 valence electrons. The van der Waals surface area contributed by atoms with Gasteiger partial charge >= 0.3 is 0 Å². The van der Waals surface area contributed by atoms with Crippen LogP contribution in [0.5, 0.6) is 0 Å². The van der Waals surface area contributed by atoms with Crippen molar-refractivity contribution in [3.63, 3.8) is 0 Å². The monoisotopic (exact) mass is 255 g/mol. The van der Waals surface area contributed by atoms with E-state index in [-0.39, 0.29) is 5.82 Å². The van der Waals surface area contributed by atoms with E-state index in [4.69, 9.17) is 0 Å². The van der Waals surface area contributed by atoms with Crippen LogP contribution in [0.25, 0.3) is 11.1 Å². The van der Waals surface area contributed by atoms with Crippen LogP contribution in [-0.2, 0) is 6.54 Å². The van der Waals surface area contributed by atoms with Gasteiger partial charge in [0.25, 0.3) is 0 Å². The molecule has 1 aliphatic rings. The van der Waals surface area contributed by atoms with Crippen molar-refractivity contribution < 1.29 is 4.39 Å². The van der Waals surface area contributed by atoms with Gasteiger partial charge in [-0.05, 0) is 42.5 Å². The van der Waals surface area contributed by atoms with Gasteiger partial charge in [-0.3, -0.25) is 0 Å². The van der Waals surface area contributed by atoms with Crippen molar-refractivity contribution in [3.8, 4) is 11.1 Å². The molecule has 1 N–H and O–H groups in total. The molecule has 0 unspecified atom stereocenters. The molecule has 0 amide bonds. The molecule has 2 aromatic carbocycles. The quantitative estimate of drug-likeness (QED) is 0.869. The average Bonchev–Trinajstić information content (AvgIpc) is 3.22. The van der Waals surface area contributed by atoms with Gasteiger partial charge in [0.2, 0.25) is 0 Å². The van der Waals surface area contributed by atoms with E-state index in [9.17, 15) is 4.39 Å². The van der Waals surface area contributed by atoms with Crippen LogP contribution in [0, 0.1) is 12.7 Å². The predicted molar refractivity (Wildman–Crippen MR) is 76.4 cm³/mol. The Morgan fingerprint density at radius 3 is 2.63 bits per heavy atom. The zero-order valence-electron chi connectivity index (χ0n) is 11.1. The average molecular weight is 255 g/mol. The molecule has 19 heavy (non-hydrogen) atoms. The van der Waals surface area contributed by atoms with E-state index in [1.165, 1.54) is 18.4 Å². The van der Waals surface area contributed by atoms with Crippen LogP contribution in [0.2, 0.25) is 0 Å². The summed E-state index contributed by atoms with van der Waals surface area (Å²) >= 11 is 0. The Morgan fingerprint density at radius 2 is 1.95 bits per heavy atom. The molecule has 2 heteroatoms. The third-order valence-corrected chi connectivity index (χ3v) is 3.67. The third-order valence-electron chi connectivity index (χ3n) is 3.67. The van der Waals surface area contributed by atoms with Gasteiger partial charge in [0.05, 0.1) is 0 Å². The summed E-state index contributed by atoms with van der Waals surface area (Å²) in [5.74, 6) is -0.117. The van der Waals surface area contributed by atoms with Crippen molar-refractivity contribution in [2.75, 3.05) is 0 Å². The van der Waals surface area contributed by atoms with E-state index in [1.807, 2.05) is 30.3 Å². The van der Waals surface area contributed by atoms with Crippen LogP contribution >= 0.6 is 0 Å². The summed E-state index contributed by atoms with van der Waals surface area (Å²) < 4.78 is 14.1. The minimum absolute atomic E-state index is 0.117. The van der Waals surface area contributed by atoms with Crippen molar-refractivity contribution in [2.45, 2.75) is 32.4 Å². The first kappa shape index (κ1) is 12.4. The van der Waals surface area contributed by atoms with E-state index in [2.05, 4.69) is 18.3 Å². The number of rotatable bonds is 4. The molecule has 0 heterocycles. The molecular weight excluding hydrogens is 237 g/mol. The van der Waals surface area contributed by atoms with Crippen molar-refractivity contribution in [3.05, 3.63) is 59.4 Å². The number of hydrogen-bond acceptors (Lipinski definition) is 1. The van der Waals surface area contributed by atoms with Crippen molar-refractivity contribution in [1.29, 1.82) is 0 Å². The van der Waals surface area contributed by atoms with E-state index in [1.54, 1.807) is 6.07 Å². The van der Waals surface area contributed by atoms with Crippen molar-refractivity contribution in [2.24, 2.45) is 0 Å². The van der Waals surface area contributed by atoms with Gasteiger partial charge in [-0.15, -0.1) is 0 Å². The Morgan fingerprint density at radius 1 is 1.16 bits per heavy atom. The highest BCUT2D eigenvalue weighted by Gasteiger charge is 2.20. The van der Waals surface area contributed by atoms with Gasteiger partial charge in [-0.25, -0.2) is 4.39 Å². The summed E-state index contributed by atoms with van der Waals surface area (Å²) in [5, 5.41) is 3.34. The summed E-state index contributed by atoms with van der Waals surface area (Å²) in [6, 6.07) is 14.2. The summed E-state index contributed by atoms with van der Waals surface area (Å²) in [7, 11) is 0. The maximum absolute atomic E-state index is 14.1. The first-order valence-electron chi connectivity index (χ1n) is 6.82. The van der Waals surface area contributed by atoms with Crippen LogP contribution in [-0.4, -0.2) is 6.04 Å². The lowest BCUT2D eigenvalue weighted by Crippen LogP contribution is -2.16. The van der Waals surface area contributed by atoms with Crippen LogP contribution in [0.1, 0.15) is 24.0 Å². The molecule has 0 bridgehead atoms. The second-order valence-electron chi connectivity index (χ2n) is 5.28. The van der Waals surface area contributed by atoms with Crippen molar-refractivity contribution >= 4 is 0 Å². The summed E-state index contributed by atoms with van der Waals surface area (Å²) in [6.45, 7) is 2.68. The van der Waals surface area contributed by atoms with Crippen LogP contribution in [0.3, 0.4) is 0 Å². The number of benzene rings is 2. The molecule has 1 nitrogen and oxygen atoms in total. The fourth-order valence-corrected chi connectivity index (χ4v) is 2.30. The molecule has 0 aliphatic heterocycles. The lowest BCUT2D eigenvalue weighted by Gasteiger charge is -2.09. The normalized spacial score (nSPS) is 14.6. The highest BCUT2D eigenvalue weighted by molar-refractivity contribution is 5.67. The van der Waals surface area contributed by atoms with Gasteiger partial charge in [-0.2, -0.15) is 0 Å². The van der Waals surface area contributed by atoms with E-state index in [0.29, 0.717) is 12.6 Å². The molecular formula is C17H18FN. The molecule has 0 saturated heterocycles. The smallest absolute Gasteiger partial charge is 0.128 e. The molecule has 1 saturated carbocycles. The number of aryl methyl sites for hydroxylation is 1. The zero-order valence-corrected chi connectivity index (χ0v) is 11.1. The fraction of sp³-hybridized carbons (Fsp3) is 0.294. The predicted octanol–water partition coefficient (Wildman–Crippen LogP) is 4.05. The van der Waals surface area contributed by atoms with Gasteiger partial charge in [-0.1, -0.05) is 36.4 Å². The largest absolute Gasteiger partial charge is 0.310 e. The van der Waals surface area contributed by atoms with E-state index >= 15 is 0 Å². The lowest BCUT2D eigenvalue weighted by molar-refractivity contribution is 0.587. The Bertz CT molecular complexity index is 588. The second-order valence-corrected chi connectivity index (χ2v) is 5.28. The number of nitrogens with one attached hydrogen (secondary N) is 1. The molecule has 0 spiro atoms. The van der Waals surface area contributed by atoms with Gasteiger partial charge < -0.3 is 5.32 Å². The second kappa shape index (κ2) is 5.14. The maximum Gasteiger partial charge on any atom is 0.128 e. The topological polar surface area (TPSA) is 12.0 Å². The van der Waals surface area contributed by atoms with E-state index < -0.39 is 0 Å². The summed E-state index contributed by atoms with van der Waals surface area (Å²) in [4.78, 5) is 0. The molecule has 0 radical (unpaired) electrons. The molecule has 0 atom stereocenters. The lowest BCUT2D eigenvalue weighted by atomic mass is 9.99.